The van der Waals surface area contributed by atoms with Crippen molar-refractivity contribution in [1.82, 2.24) is 0 Å². The molecule has 0 atom stereocenters. The van der Waals surface area contributed by atoms with Crippen LogP contribution in [0.4, 0.5) is 13.2 Å². The van der Waals surface area contributed by atoms with Crippen LogP contribution in [-0.4, -0.2) is 0 Å². The first-order valence-electron chi connectivity index (χ1n) is 4.53. The molecule has 1 aliphatic carbocycles. The van der Waals surface area contributed by atoms with Gasteiger partial charge < -0.3 is 0 Å². The first-order valence-corrected chi connectivity index (χ1v) is 4.53. The van der Waals surface area contributed by atoms with Crippen LogP contribution in [0.1, 0.15) is 24.8 Å². The number of hydrogen-bond acceptors (Lipinski definition) is 0. The molecule has 1 aromatic carbocycles. The first kappa shape index (κ1) is 9.31. The topological polar surface area (TPSA) is 0 Å². The Bertz CT molecular complexity index is 394. The predicted octanol–water partition coefficient (Wildman–Crippen LogP) is 3.67. The molecule has 14 heavy (non-hydrogen) atoms. The second-order valence-corrected chi connectivity index (χ2v) is 3.34. The number of rotatable bonds is 1. The van der Waals surface area contributed by atoms with Crippen molar-refractivity contribution < 1.29 is 13.2 Å². The SMILES string of the molecule is Fc1ccc(C2=CCCC2)c(F)c1F. The van der Waals surface area contributed by atoms with Gasteiger partial charge in [0.05, 0.1) is 0 Å². The van der Waals surface area contributed by atoms with Crippen molar-refractivity contribution in [3.05, 3.63) is 41.2 Å². The van der Waals surface area contributed by atoms with E-state index in [1.165, 1.54) is 6.07 Å². The molecular formula is C11H9F3. The second kappa shape index (κ2) is 3.48. The maximum Gasteiger partial charge on any atom is 0.195 e. The highest BCUT2D eigenvalue weighted by molar-refractivity contribution is 5.67. The van der Waals surface area contributed by atoms with Crippen molar-refractivity contribution >= 4 is 5.57 Å². The Kier molecular flexibility index (Phi) is 2.32. The van der Waals surface area contributed by atoms with Gasteiger partial charge >= 0.3 is 0 Å². The first-order chi connectivity index (χ1) is 6.70. The molecule has 0 heterocycles. The summed E-state index contributed by atoms with van der Waals surface area (Å²) in [7, 11) is 0. The third-order valence-electron chi connectivity index (χ3n) is 2.42. The Morgan fingerprint density at radius 1 is 1.00 bits per heavy atom. The number of allylic oxidation sites excluding steroid dienone is 2. The van der Waals surface area contributed by atoms with E-state index >= 15 is 0 Å². The van der Waals surface area contributed by atoms with Gasteiger partial charge in [0.25, 0.3) is 0 Å². The van der Waals surface area contributed by atoms with Crippen LogP contribution in [0.2, 0.25) is 0 Å². The molecule has 74 valence electrons. The van der Waals surface area contributed by atoms with Gasteiger partial charge in [-0.1, -0.05) is 6.08 Å². The summed E-state index contributed by atoms with van der Waals surface area (Å²) in [6.07, 6.45) is 4.44. The lowest BCUT2D eigenvalue weighted by Gasteiger charge is -2.04. The molecule has 0 spiro atoms. The van der Waals surface area contributed by atoms with E-state index in [4.69, 9.17) is 0 Å². The monoisotopic (exact) mass is 198 g/mol. The van der Waals surface area contributed by atoms with Crippen molar-refractivity contribution in [1.29, 1.82) is 0 Å². The van der Waals surface area contributed by atoms with Crippen LogP contribution in [0.5, 0.6) is 0 Å². The molecule has 0 nitrogen and oxygen atoms in total. The van der Waals surface area contributed by atoms with Gasteiger partial charge in [-0.3, -0.25) is 0 Å². The van der Waals surface area contributed by atoms with E-state index in [0.717, 1.165) is 30.9 Å². The molecule has 0 fully saturated rings. The molecule has 0 unspecified atom stereocenters. The molecule has 0 aliphatic heterocycles. The Labute approximate surface area is 80.1 Å². The molecule has 1 aromatic rings. The van der Waals surface area contributed by atoms with Gasteiger partial charge in [-0.15, -0.1) is 0 Å². The average molecular weight is 198 g/mol. The molecule has 0 amide bonds. The van der Waals surface area contributed by atoms with Gasteiger partial charge in [-0.05, 0) is 37.0 Å². The molecule has 0 saturated heterocycles. The van der Waals surface area contributed by atoms with Crippen molar-refractivity contribution in [3.8, 4) is 0 Å². The zero-order valence-electron chi connectivity index (χ0n) is 7.49. The van der Waals surface area contributed by atoms with Crippen molar-refractivity contribution in [2.24, 2.45) is 0 Å². The van der Waals surface area contributed by atoms with Gasteiger partial charge in [-0.2, -0.15) is 0 Å². The van der Waals surface area contributed by atoms with E-state index in [2.05, 4.69) is 0 Å². The van der Waals surface area contributed by atoms with Gasteiger partial charge in [-0.25, -0.2) is 13.2 Å². The minimum atomic E-state index is -1.38. The fraction of sp³-hybridized carbons (Fsp3) is 0.273. The van der Waals surface area contributed by atoms with E-state index in [1.807, 2.05) is 6.08 Å². The van der Waals surface area contributed by atoms with E-state index in [-0.39, 0.29) is 5.56 Å². The largest absolute Gasteiger partial charge is 0.204 e. The molecule has 0 N–H and O–H groups in total. The van der Waals surface area contributed by atoms with Crippen LogP contribution in [0.15, 0.2) is 18.2 Å². The highest BCUT2D eigenvalue weighted by atomic mass is 19.2. The van der Waals surface area contributed by atoms with Crippen LogP contribution < -0.4 is 0 Å². The van der Waals surface area contributed by atoms with Gasteiger partial charge in [0.1, 0.15) is 0 Å². The lowest BCUT2D eigenvalue weighted by atomic mass is 10.0. The van der Waals surface area contributed by atoms with Crippen molar-refractivity contribution in [2.75, 3.05) is 0 Å². The maximum atomic E-state index is 13.3. The number of halogens is 3. The van der Waals surface area contributed by atoms with Gasteiger partial charge in [0.15, 0.2) is 17.5 Å². The normalized spacial score (nSPS) is 15.8. The van der Waals surface area contributed by atoms with Crippen LogP contribution in [0.3, 0.4) is 0 Å². The van der Waals surface area contributed by atoms with E-state index in [0.29, 0.717) is 0 Å². The minimum Gasteiger partial charge on any atom is -0.204 e. The summed E-state index contributed by atoms with van der Waals surface area (Å²) < 4.78 is 38.7. The van der Waals surface area contributed by atoms with Crippen molar-refractivity contribution in [2.45, 2.75) is 19.3 Å². The quantitative estimate of drug-likeness (QED) is 0.604. The minimum absolute atomic E-state index is 0.196. The predicted molar refractivity (Wildman–Crippen MR) is 48.1 cm³/mol. The molecule has 0 aromatic heterocycles. The molecule has 2 rings (SSSR count). The fourth-order valence-electron chi connectivity index (χ4n) is 1.69. The second-order valence-electron chi connectivity index (χ2n) is 3.34. The molecule has 3 heteroatoms. The molecule has 1 aliphatic rings. The highest BCUT2D eigenvalue weighted by Gasteiger charge is 2.17. The summed E-state index contributed by atoms with van der Waals surface area (Å²) >= 11 is 0. The molecule has 0 bridgehead atoms. The van der Waals surface area contributed by atoms with Gasteiger partial charge in [0.2, 0.25) is 0 Å². The summed E-state index contributed by atoms with van der Waals surface area (Å²) in [6, 6.07) is 2.26. The van der Waals surface area contributed by atoms with Crippen LogP contribution in [0, 0.1) is 17.5 Å². The van der Waals surface area contributed by atoms with E-state index in [9.17, 15) is 13.2 Å². The lowest BCUT2D eigenvalue weighted by Crippen LogP contribution is -1.96. The smallest absolute Gasteiger partial charge is 0.195 e. The van der Waals surface area contributed by atoms with Crippen molar-refractivity contribution in [3.63, 3.8) is 0 Å². The molecule has 0 saturated carbocycles. The summed E-state index contributed by atoms with van der Waals surface area (Å²) in [5.74, 6) is -3.58. The molecular weight excluding hydrogens is 189 g/mol. The summed E-state index contributed by atoms with van der Waals surface area (Å²) in [6.45, 7) is 0. The fourth-order valence-corrected chi connectivity index (χ4v) is 1.69. The van der Waals surface area contributed by atoms with Gasteiger partial charge in [0, 0.05) is 5.56 Å². The number of hydrogen-bond donors (Lipinski definition) is 0. The lowest BCUT2D eigenvalue weighted by molar-refractivity contribution is 0.445. The maximum absolute atomic E-state index is 13.3. The summed E-state index contributed by atoms with van der Waals surface area (Å²) in [4.78, 5) is 0. The van der Waals surface area contributed by atoms with Crippen LogP contribution in [-0.2, 0) is 0 Å². The zero-order chi connectivity index (χ0) is 10.1. The van der Waals surface area contributed by atoms with Crippen LogP contribution in [0.25, 0.3) is 5.57 Å². The molecule has 0 radical (unpaired) electrons. The third kappa shape index (κ3) is 1.43. The Morgan fingerprint density at radius 2 is 1.79 bits per heavy atom. The number of benzene rings is 1. The highest BCUT2D eigenvalue weighted by Crippen LogP contribution is 2.30. The Hall–Kier alpha value is -1.25. The standard InChI is InChI=1S/C11H9F3/c12-9-6-5-8(10(13)11(9)14)7-3-1-2-4-7/h3,5-6H,1-2,4H2. The average Bonchev–Trinajstić information content (AvgIpc) is 2.67. The summed E-state index contributed by atoms with van der Waals surface area (Å²) in [5.41, 5.74) is 0.975. The Morgan fingerprint density at radius 3 is 2.43 bits per heavy atom. The summed E-state index contributed by atoms with van der Waals surface area (Å²) in [5, 5.41) is 0. The van der Waals surface area contributed by atoms with E-state index in [1.54, 1.807) is 0 Å². The van der Waals surface area contributed by atoms with Crippen LogP contribution >= 0.6 is 0 Å². The zero-order valence-corrected chi connectivity index (χ0v) is 7.49. The third-order valence-corrected chi connectivity index (χ3v) is 2.42. The Balaban J connectivity index is 2.49. The van der Waals surface area contributed by atoms with E-state index < -0.39 is 17.5 Å².